The number of amides is 1. The average molecular weight is 670 g/mol. The van der Waals surface area contributed by atoms with Gasteiger partial charge in [-0.3, -0.25) is 4.79 Å². The van der Waals surface area contributed by atoms with Crippen molar-refractivity contribution in [1.82, 2.24) is 29.8 Å². The summed E-state index contributed by atoms with van der Waals surface area (Å²) >= 11 is 6.22. The summed E-state index contributed by atoms with van der Waals surface area (Å²) in [4.78, 5) is 20.9. The van der Waals surface area contributed by atoms with Gasteiger partial charge >= 0.3 is 6.18 Å². The number of nitrogens with zero attached hydrogens (tertiary/aromatic N) is 4. The molecule has 1 saturated carbocycles. The van der Waals surface area contributed by atoms with Crippen molar-refractivity contribution in [3.63, 3.8) is 0 Å². The van der Waals surface area contributed by atoms with Crippen molar-refractivity contribution in [3.8, 4) is 11.7 Å². The van der Waals surface area contributed by atoms with Crippen LogP contribution in [0.4, 0.5) is 18.9 Å². The number of nitrogens with one attached hydrogen (secondary N) is 3. The summed E-state index contributed by atoms with van der Waals surface area (Å²) in [5, 5.41) is 10.2. The van der Waals surface area contributed by atoms with E-state index in [0.717, 1.165) is 25.8 Å². The van der Waals surface area contributed by atoms with Gasteiger partial charge < -0.3 is 15.4 Å². The molecule has 11 nitrogen and oxygen atoms in total. The van der Waals surface area contributed by atoms with Crippen LogP contribution in [0.25, 0.3) is 5.82 Å². The molecule has 0 radical (unpaired) electrons. The predicted octanol–water partition coefficient (Wildman–Crippen LogP) is 5.13. The molecule has 4 heterocycles. The predicted molar refractivity (Wildman–Crippen MR) is 161 cm³/mol. The molecule has 1 atom stereocenters. The lowest BCUT2D eigenvalue weighted by Gasteiger charge is -2.18. The van der Waals surface area contributed by atoms with Crippen LogP contribution in [0, 0.1) is 11.3 Å². The highest BCUT2D eigenvalue weighted by Gasteiger charge is 2.62. The quantitative estimate of drug-likeness (QED) is 0.167. The summed E-state index contributed by atoms with van der Waals surface area (Å²) in [6.45, 7) is 5.88. The van der Waals surface area contributed by atoms with Gasteiger partial charge in [0.25, 0.3) is 15.9 Å². The van der Waals surface area contributed by atoms with E-state index >= 15 is 0 Å². The first-order chi connectivity index (χ1) is 21.2. The van der Waals surface area contributed by atoms with Gasteiger partial charge in [-0.2, -0.15) is 21.6 Å². The fourth-order valence-corrected chi connectivity index (χ4v) is 6.60. The zero-order valence-corrected chi connectivity index (χ0v) is 26.4. The van der Waals surface area contributed by atoms with Crippen LogP contribution in [-0.4, -0.2) is 65.5 Å². The third-order valence-electron chi connectivity index (χ3n) is 8.19. The molecule has 5 rings (SSSR count). The number of carbonyl (C=O) groups excluding carboxylic acids is 1. The lowest BCUT2D eigenvalue weighted by molar-refractivity contribution is -0.190. The third kappa shape index (κ3) is 8.05. The Kier molecular flexibility index (Phi) is 9.34. The number of hydrogen-bond acceptors (Lipinski definition) is 9. The van der Waals surface area contributed by atoms with Gasteiger partial charge in [-0.15, -0.1) is 5.10 Å². The number of halogens is 4. The van der Waals surface area contributed by atoms with Crippen LogP contribution in [0.15, 0.2) is 47.8 Å². The molecule has 45 heavy (non-hydrogen) atoms. The SMILES string of the molecule is CC1(C)CC(CCCNc2ccnc(S(=O)(=O)NC(=O)c3ccc(-n4ccc(OCCC5(C(F)(F)F)CC5)n4)nc3Cl)c2)CN1. The maximum absolute atomic E-state index is 13.1. The van der Waals surface area contributed by atoms with Crippen molar-refractivity contribution < 1.29 is 31.1 Å². The van der Waals surface area contributed by atoms with Crippen LogP contribution in [0.3, 0.4) is 0 Å². The molecule has 0 aromatic carbocycles. The highest BCUT2D eigenvalue weighted by atomic mass is 35.5. The molecular formula is C29H35ClF3N7O4S. The van der Waals surface area contributed by atoms with E-state index in [2.05, 4.69) is 39.5 Å². The van der Waals surface area contributed by atoms with Crippen LogP contribution < -0.4 is 20.1 Å². The van der Waals surface area contributed by atoms with Gasteiger partial charge in [0.2, 0.25) is 5.88 Å². The molecule has 2 fully saturated rings. The standard InChI is InChI=1S/C29H35ClF3N7O4S/c1-27(2)17-19(18-36-27)4-3-12-34-20-7-13-35-24(16-20)45(42,43)39-26(41)21-5-6-22(37-25(21)30)40-14-8-23(38-40)44-15-11-28(9-10-28)29(31,32)33/h5-8,13-14,16,19,36H,3-4,9-12,15,17-18H2,1-2H3,(H,34,35)(H,39,41). The van der Waals surface area contributed by atoms with Gasteiger partial charge in [-0.05, 0) is 83.0 Å². The van der Waals surface area contributed by atoms with Crippen molar-refractivity contribution in [2.75, 3.05) is 25.0 Å². The molecule has 0 bridgehead atoms. The van der Waals surface area contributed by atoms with Gasteiger partial charge in [-0.25, -0.2) is 19.4 Å². The minimum Gasteiger partial charge on any atom is -0.477 e. The average Bonchev–Trinajstić information content (AvgIpc) is 3.49. The molecule has 1 aliphatic heterocycles. The Labute approximate surface area is 264 Å². The summed E-state index contributed by atoms with van der Waals surface area (Å²) in [7, 11) is -4.34. The minimum atomic E-state index is -4.34. The Morgan fingerprint density at radius 2 is 2.00 bits per heavy atom. The Morgan fingerprint density at radius 3 is 2.67 bits per heavy atom. The highest BCUT2D eigenvalue weighted by Crippen LogP contribution is 2.59. The number of ether oxygens (including phenoxy) is 1. The third-order valence-corrected chi connectivity index (χ3v) is 9.70. The summed E-state index contributed by atoms with van der Waals surface area (Å²) in [5.41, 5.74) is -1.16. The molecule has 1 unspecified atom stereocenters. The minimum absolute atomic E-state index is 0.0929. The first kappa shape index (κ1) is 32.9. The maximum atomic E-state index is 13.1. The molecule has 3 aromatic heterocycles. The molecule has 244 valence electrons. The van der Waals surface area contributed by atoms with Crippen LogP contribution >= 0.6 is 11.6 Å². The molecule has 1 amide bonds. The normalized spacial score (nSPS) is 18.8. The molecule has 0 spiro atoms. The van der Waals surface area contributed by atoms with Crippen LogP contribution in [0.2, 0.25) is 5.15 Å². The number of pyridine rings is 2. The van der Waals surface area contributed by atoms with E-state index in [9.17, 15) is 26.4 Å². The number of rotatable bonds is 13. The second-order valence-corrected chi connectivity index (χ2v) is 14.2. The smallest absolute Gasteiger partial charge is 0.394 e. The fraction of sp³-hybridized carbons (Fsp3) is 0.517. The number of alkyl halides is 3. The lowest BCUT2D eigenvalue weighted by atomic mass is 9.94. The number of sulfonamides is 1. The number of aromatic nitrogens is 4. The Bertz CT molecular complexity index is 1640. The lowest BCUT2D eigenvalue weighted by Crippen LogP contribution is -2.31. The van der Waals surface area contributed by atoms with Crippen molar-refractivity contribution in [3.05, 3.63) is 53.4 Å². The summed E-state index contributed by atoms with van der Waals surface area (Å²) in [6, 6.07) is 7.13. The molecule has 1 saturated heterocycles. The molecule has 2 aliphatic rings. The van der Waals surface area contributed by atoms with E-state index in [0.29, 0.717) is 18.2 Å². The maximum Gasteiger partial charge on any atom is 0.394 e. The van der Waals surface area contributed by atoms with E-state index < -0.39 is 27.5 Å². The van der Waals surface area contributed by atoms with Crippen LogP contribution in [-0.2, 0) is 10.0 Å². The van der Waals surface area contributed by atoms with Gasteiger partial charge in [0.15, 0.2) is 10.8 Å². The second-order valence-electron chi connectivity index (χ2n) is 12.2. The molecule has 3 aromatic rings. The fourth-order valence-electron chi connectivity index (χ4n) is 5.42. The van der Waals surface area contributed by atoms with E-state index in [1.54, 1.807) is 6.07 Å². The monoisotopic (exact) mass is 669 g/mol. The van der Waals surface area contributed by atoms with Gasteiger partial charge in [0, 0.05) is 42.3 Å². The molecule has 16 heteroatoms. The topological polar surface area (TPSA) is 140 Å². The number of hydrogen-bond donors (Lipinski definition) is 3. The Morgan fingerprint density at radius 1 is 1.22 bits per heavy atom. The summed E-state index contributed by atoms with van der Waals surface area (Å²) in [6.07, 6.45) is 1.66. The molecule has 1 aliphatic carbocycles. The van der Waals surface area contributed by atoms with Crippen LogP contribution in [0.1, 0.15) is 62.7 Å². The van der Waals surface area contributed by atoms with Gasteiger partial charge in [-0.1, -0.05) is 11.6 Å². The second kappa shape index (κ2) is 12.8. The van der Waals surface area contributed by atoms with E-state index in [4.69, 9.17) is 16.3 Å². The first-order valence-electron chi connectivity index (χ1n) is 14.6. The van der Waals surface area contributed by atoms with Crippen molar-refractivity contribution >= 4 is 33.2 Å². The summed E-state index contributed by atoms with van der Waals surface area (Å²) < 4.78 is 73.9. The van der Waals surface area contributed by atoms with Crippen molar-refractivity contribution in [1.29, 1.82) is 0 Å². The molecule has 3 N–H and O–H groups in total. The first-order valence-corrected chi connectivity index (χ1v) is 16.5. The number of carbonyl (C=O) groups is 1. The van der Waals surface area contributed by atoms with Crippen molar-refractivity contribution in [2.45, 2.75) is 69.1 Å². The van der Waals surface area contributed by atoms with E-state index in [1.807, 2.05) is 4.72 Å². The van der Waals surface area contributed by atoms with Gasteiger partial charge in [0.1, 0.15) is 5.15 Å². The number of anilines is 1. The van der Waals surface area contributed by atoms with Gasteiger partial charge in [0.05, 0.1) is 17.6 Å². The molecular weight excluding hydrogens is 635 g/mol. The Balaban J connectivity index is 1.14. The summed E-state index contributed by atoms with van der Waals surface area (Å²) in [5.74, 6) is -0.128. The van der Waals surface area contributed by atoms with Crippen molar-refractivity contribution in [2.24, 2.45) is 11.3 Å². The van der Waals surface area contributed by atoms with E-state index in [-0.39, 0.29) is 58.8 Å². The Hall–Kier alpha value is -3.43. The zero-order chi connectivity index (χ0) is 32.5. The largest absolute Gasteiger partial charge is 0.477 e. The zero-order valence-electron chi connectivity index (χ0n) is 24.8. The van der Waals surface area contributed by atoms with Crippen LogP contribution in [0.5, 0.6) is 5.88 Å². The highest BCUT2D eigenvalue weighted by molar-refractivity contribution is 7.90. The van der Waals surface area contributed by atoms with E-state index in [1.165, 1.54) is 41.3 Å².